The quantitative estimate of drug-likeness (QED) is 0.492. The first kappa shape index (κ1) is 23.2. The van der Waals surface area contributed by atoms with Crippen LogP contribution in [-0.4, -0.2) is 23.3 Å². The minimum atomic E-state index is -0.252. The van der Waals surface area contributed by atoms with Gasteiger partial charge in [-0.1, -0.05) is 53.5 Å². The van der Waals surface area contributed by atoms with Crippen molar-refractivity contribution in [2.75, 3.05) is 16.6 Å². The van der Waals surface area contributed by atoms with Crippen LogP contribution in [0.3, 0.4) is 0 Å². The zero-order valence-electron chi connectivity index (χ0n) is 17.4. The molecular formula is C24H21Cl3N4O2. The van der Waals surface area contributed by atoms with E-state index in [-0.39, 0.29) is 30.1 Å². The molecule has 170 valence electrons. The van der Waals surface area contributed by atoms with Crippen LogP contribution in [0.15, 0.2) is 71.8 Å². The summed E-state index contributed by atoms with van der Waals surface area (Å²) < 4.78 is 0. The molecule has 0 aromatic heterocycles. The van der Waals surface area contributed by atoms with Crippen LogP contribution < -0.4 is 15.4 Å². The van der Waals surface area contributed by atoms with Crippen LogP contribution in [0.4, 0.5) is 11.4 Å². The summed E-state index contributed by atoms with van der Waals surface area (Å²) in [7, 11) is 0. The second-order valence-electron chi connectivity index (χ2n) is 7.77. The third-order valence-electron chi connectivity index (χ3n) is 5.73. The number of hydrogen-bond acceptors (Lipinski definition) is 5. The Hall–Kier alpha value is -2.93. The van der Waals surface area contributed by atoms with Crippen LogP contribution in [0.2, 0.25) is 10.0 Å². The highest BCUT2D eigenvalue weighted by Crippen LogP contribution is 2.40. The van der Waals surface area contributed by atoms with Gasteiger partial charge in [-0.2, -0.15) is 5.10 Å². The molecule has 1 unspecified atom stereocenters. The fourth-order valence-corrected chi connectivity index (χ4v) is 4.63. The summed E-state index contributed by atoms with van der Waals surface area (Å²) in [5.41, 5.74) is 7.18. The minimum absolute atomic E-state index is 0. The van der Waals surface area contributed by atoms with Crippen LogP contribution in [0.5, 0.6) is 5.75 Å². The van der Waals surface area contributed by atoms with Crippen LogP contribution in [-0.2, 0) is 11.2 Å². The smallest absolute Gasteiger partial charge is 0.286 e. The molecule has 6 nitrogen and oxygen atoms in total. The predicted octanol–water partition coefficient (Wildman–Crippen LogP) is 5.52. The number of nitrogens with zero attached hydrogens (tertiary/aromatic N) is 3. The number of amides is 1. The Morgan fingerprint density at radius 2 is 1.79 bits per heavy atom. The molecule has 0 saturated heterocycles. The summed E-state index contributed by atoms with van der Waals surface area (Å²) in [4.78, 5) is 13.2. The van der Waals surface area contributed by atoms with Crippen LogP contribution >= 0.6 is 35.6 Å². The van der Waals surface area contributed by atoms with E-state index in [2.05, 4.69) is 16.6 Å². The number of fused-ring (bicyclic) bond motifs is 1. The lowest BCUT2D eigenvalue weighted by Gasteiger charge is -2.25. The molecule has 33 heavy (non-hydrogen) atoms. The number of phenols is 1. The first-order valence-corrected chi connectivity index (χ1v) is 11.0. The first-order chi connectivity index (χ1) is 15.5. The molecule has 0 fully saturated rings. The van der Waals surface area contributed by atoms with Crippen molar-refractivity contribution < 1.29 is 9.90 Å². The third kappa shape index (κ3) is 4.60. The maximum atomic E-state index is 13.2. The SMILES string of the molecule is Cl.O=C(NN1CCc2ccccc21)C1=NN(c2ccc(Cl)cc2Cl)C(c2ccc(O)cc2)C1. The number of halogens is 3. The lowest BCUT2D eigenvalue weighted by atomic mass is 10.0. The van der Waals surface area contributed by atoms with Crippen molar-refractivity contribution in [3.8, 4) is 5.75 Å². The van der Waals surface area contributed by atoms with Crippen molar-refractivity contribution >= 4 is 58.6 Å². The normalized spacial score (nSPS) is 16.8. The van der Waals surface area contributed by atoms with E-state index >= 15 is 0 Å². The zero-order valence-corrected chi connectivity index (χ0v) is 19.7. The van der Waals surface area contributed by atoms with Gasteiger partial charge in [-0.15, -0.1) is 12.4 Å². The third-order valence-corrected chi connectivity index (χ3v) is 6.27. The Kier molecular flexibility index (Phi) is 6.70. The summed E-state index contributed by atoms with van der Waals surface area (Å²) in [6.07, 6.45) is 1.27. The number of carbonyl (C=O) groups is 1. The van der Waals surface area contributed by atoms with E-state index in [9.17, 15) is 9.90 Å². The number of hydrazine groups is 1. The van der Waals surface area contributed by atoms with Gasteiger partial charge in [0.15, 0.2) is 0 Å². The predicted molar refractivity (Wildman–Crippen MR) is 135 cm³/mol. The second-order valence-corrected chi connectivity index (χ2v) is 8.61. The number of nitrogens with one attached hydrogen (secondary N) is 1. The number of aromatic hydroxyl groups is 1. The molecule has 0 aliphatic carbocycles. The molecule has 2 aliphatic rings. The van der Waals surface area contributed by atoms with Crippen molar-refractivity contribution in [1.82, 2.24) is 5.43 Å². The number of rotatable bonds is 4. The average molecular weight is 504 g/mol. The van der Waals surface area contributed by atoms with Crippen LogP contribution in [0.1, 0.15) is 23.6 Å². The maximum absolute atomic E-state index is 13.2. The van der Waals surface area contributed by atoms with Crippen LogP contribution in [0.25, 0.3) is 0 Å². The zero-order chi connectivity index (χ0) is 22.2. The molecule has 3 aromatic carbocycles. The number of para-hydroxylation sites is 1. The Morgan fingerprint density at radius 3 is 2.55 bits per heavy atom. The first-order valence-electron chi connectivity index (χ1n) is 10.3. The molecule has 0 radical (unpaired) electrons. The monoisotopic (exact) mass is 502 g/mol. The van der Waals surface area contributed by atoms with E-state index in [0.29, 0.717) is 34.4 Å². The van der Waals surface area contributed by atoms with Gasteiger partial charge in [0.05, 0.1) is 22.4 Å². The van der Waals surface area contributed by atoms with Gasteiger partial charge in [0.25, 0.3) is 5.91 Å². The van der Waals surface area contributed by atoms with Gasteiger partial charge in [0.2, 0.25) is 0 Å². The van der Waals surface area contributed by atoms with E-state index in [1.54, 1.807) is 35.3 Å². The molecule has 2 heterocycles. The van der Waals surface area contributed by atoms with E-state index < -0.39 is 0 Å². The average Bonchev–Trinajstić information content (AvgIpc) is 3.39. The Morgan fingerprint density at radius 1 is 1.03 bits per heavy atom. The highest BCUT2D eigenvalue weighted by atomic mass is 35.5. The summed E-state index contributed by atoms with van der Waals surface area (Å²) in [6.45, 7) is 0.715. The van der Waals surface area contributed by atoms with Crippen molar-refractivity contribution in [2.24, 2.45) is 5.10 Å². The Bertz CT molecular complexity index is 1220. The fraction of sp³-hybridized carbons (Fsp3) is 0.167. The van der Waals surface area contributed by atoms with E-state index in [4.69, 9.17) is 23.2 Å². The summed E-state index contributed by atoms with van der Waals surface area (Å²) in [6, 6.07) is 19.9. The van der Waals surface area contributed by atoms with Crippen molar-refractivity contribution in [3.63, 3.8) is 0 Å². The maximum Gasteiger partial charge on any atom is 0.286 e. The largest absolute Gasteiger partial charge is 0.508 e. The Balaban J connectivity index is 0.00000259. The van der Waals surface area contributed by atoms with Gasteiger partial charge in [-0.3, -0.25) is 20.2 Å². The topological polar surface area (TPSA) is 68.2 Å². The number of carbonyl (C=O) groups excluding carboxylic acids is 1. The van der Waals surface area contributed by atoms with Gasteiger partial charge in [-0.05, 0) is 53.9 Å². The van der Waals surface area contributed by atoms with Gasteiger partial charge >= 0.3 is 0 Å². The molecule has 0 saturated carbocycles. The van der Waals surface area contributed by atoms with E-state index in [1.165, 1.54) is 5.56 Å². The van der Waals surface area contributed by atoms with Gasteiger partial charge in [0.1, 0.15) is 11.5 Å². The van der Waals surface area contributed by atoms with Crippen molar-refractivity contribution in [1.29, 1.82) is 0 Å². The summed E-state index contributed by atoms with van der Waals surface area (Å²) >= 11 is 12.5. The highest BCUT2D eigenvalue weighted by Gasteiger charge is 2.34. The molecule has 1 atom stereocenters. The molecule has 0 bridgehead atoms. The molecule has 2 N–H and O–H groups in total. The molecular weight excluding hydrogens is 483 g/mol. The number of benzene rings is 3. The standard InChI is InChI=1S/C24H20Cl2N4O2.ClH/c25-17-7-10-22(19(26)13-17)30-23(16-5-8-18(31)9-6-16)14-20(27-30)24(32)28-29-12-11-15-3-1-2-4-21(15)29;/h1-10,13,23,31H,11-12,14H2,(H,28,32);1H. The van der Waals surface area contributed by atoms with Crippen molar-refractivity contribution in [2.45, 2.75) is 18.9 Å². The summed E-state index contributed by atoms with van der Waals surface area (Å²) in [5, 5.41) is 18.9. The number of phenolic OH excluding ortho intramolecular Hbond substituents is 1. The molecule has 9 heteroatoms. The molecule has 3 aromatic rings. The van der Waals surface area contributed by atoms with Crippen LogP contribution in [0, 0.1) is 0 Å². The van der Waals surface area contributed by atoms with E-state index in [0.717, 1.165) is 17.7 Å². The molecule has 2 aliphatic heterocycles. The Labute approximate surface area is 207 Å². The second kappa shape index (κ2) is 9.51. The molecule has 0 spiro atoms. The minimum Gasteiger partial charge on any atom is -0.508 e. The number of hydrazone groups is 1. The lowest BCUT2D eigenvalue weighted by Crippen LogP contribution is -2.44. The van der Waals surface area contributed by atoms with E-state index in [1.807, 2.05) is 35.3 Å². The van der Waals surface area contributed by atoms with Gasteiger partial charge in [0, 0.05) is 18.0 Å². The van der Waals surface area contributed by atoms with Crippen molar-refractivity contribution in [3.05, 3.63) is 87.9 Å². The summed E-state index contributed by atoms with van der Waals surface area (Å²) in [5.74, 6) is -0.0764. The van der Waals surface area contributed by atoms with Gasteiger partial charge in [-0.25, -0.2) is 0 Å². The number of anilines is 2. The fourth-order valence-electron chi connectivity index (χ4n) is 4.13. The molecule has 1 amide bonds. The lowest BCUT2D eigenvalue weighted by molar-refractivity contribution is -0.115. The molecule has 5 rings (SSSR count). The highest BCUT2D eigenvalue weighted by molar-refractivity contribution is 6.40. The number of hydrogen-bond donors (Lipinski definition) is 2. The van der Waals surface area contributed by atoms with Gasteiger partial charge < -0.3 is 5.11 Å².